The summed E-state index contributed by atoms with van der Waals surface area (Å²) in [6, 6.07) is 10.6. The second kappa shape index (κ2) is 7.01. The van der Waals surface area contributed by atoms with Gasteiger partial charge < -0.3 is 5.32 Å². The van der Waals surface area contributed by atoms with Gasteiger partial charge in [-0.15, -0.1) is 0 Å². The van der Waals surface area contributed by atoms with Crippen molar-refractivity contribution < 1.29 is 4.39 Å². The lowest BCUT2D eigenvalue weighted by Gasteiger charge is -2.16. The van der Waals surface area contributed by atoms with Crippen LogP contribution in [-0.2, 0) is 13.1 Å². The Hall–Kier alpha value is -1.94. The van der Waals surface area contributed by atoms with Crippen LogP contribution < -0.4 is 5.32 Å². The molecule has 0 fully saturated rings. The number of aromatic nitrogens is 1. The summed E-state index contributed by atoms with van der Waals surface area (Å²) in [6.45, 7) is 4.50. The summed E-state index contributed by atoms with van der Waals surface area (Å²) in [5.41, 5.74) is 3.21. The standard InChI is InChI=1S/C16H20FN3/c1-3-18-15-8-9-19-16(10-15)12-20(2)11-13-4-6-14(17)7-5-13/h4-10H,3,11-12H2,1-2H3,(H,18,19). The van der Waals surface area contributed by atoms with Gasteiger partial charge in [0, 0.05) is 31.5 Å². The van der Waals surface area contributed by atoms with E-state index in [4.69, 9.17) is 0 Å². The van der Waals surface area contributed by atoms with Gasteiger partial charge in [0.2, 0.25) is 0 Å². The third kappa shape index (κ3) is 4.31. The molecule has 0 radical (unpaired) electrons. The van der Waals surface area contributed by atoms with Gasteiger partial charge in [0.15, 0.2) is 0 Å². The number of hydrogen-bond acceptors (Lipinski definition) is 3. The average molecular weight is 273 g/mol. The minimum atomic E-state index is -0.198. The summed E-state index contributed by atoms with van der Waals surface area (Å²) in [5.74, 6) is -0.198. The molecule has 0 aliphatic heterocycles. The molecular formula is C16H20FN3. The molecule has 2 aromatic rings. The molecule has 0 atom stereocenters. The summed E-state index contributed by atoms with van der Waals surface area (Å²) in [4.78, 5) is 6.53. The number of pyridine rings is 1. The van der Waals surface area contributed by atoms with Gasteiger partial charge in [-0.2, -0.15) is 0 Å². The van der Waals surface area contributed by atoms with E-state index in [-0.39, 0.29) is 5.82 Å². The number of rotatable bonds is 6. The summed E-state index contributed by atoms with van der Waals surface area (Å²) in [7, 11) is 2.03. The van der Waals surface area contributed by atoms with Gasteiger partial charge in [-0.05, 0) is 43.8 Å². The van der Waals surface area contributed by atoms with Gasteiger partial charge in [0.1, 0.15) is 5.82 Å². The highest BCUT2D eigenvalue weighted by atomic mass is 19.1. The number of halogens is 1. The van der Waals surface area contributed by atoms with Crippen LogP contribution in [0.25, 0.3) is 0 Å². The SMILES string of the molecule is CCNc1ccnc(CN(C)Cc2ccc(F)cc2)c1. The molecule has 0 spiro atoms. The molecule has 0 saturated carbocycles. The zero-order valence-electron chi connectivity index (χ0n) is 11.9. The highest BCUT2D eigenvalue weighted by molar-refractivity contribution is 5.42. The van der Waals surface area contributed by atoms with Crippen molar-refractivity contribution in [1.29, 1.82) is 0 Å². The Balaban J connectivity index is 1.95. The molecular weight excluding hydrogens is 253 g/mol. The first kappa shape index (κ1) is 14.5. The molecule has 4 heteroatoms. The van der Waals surface area contributed by atoms with Crippen molar-refractivity contribution in [3.05, 3.63) is 59.7 Å². The van der Waals surface area contributed by atoms with Crippen LogP contribution >= 0.6 is 0 Å². The normalized spacial score (nSPS) is 10.8. The Morgan fingerprint density at radius 3 is 2.60 bits per heavy atom. The Kier molecular flexibility index (Phi) is 5.07. The summed E-state index contributed by atoms with van der Waals surface area (Å²) >= 11 is 0. The molecule has 0 aliphatic rings. The third-order valence-corrected chi connectivity index (χ3v) is 3.00. The zero-order valence-corrected chi connectivity index (χ0v) is 11.9. The molecule has 1 aromatic carbocycles. The van der Waals surface area contributed by atoms with E-state index in [0.717, 1.165) is 36.6 Å². The largest absolute Gasteiger partial charge is 0.385 e. The fourth-order valence-electron chi connectivity index (χ4n) is 2.11. The Bertz CT molecular complexity index is 540. The smallest absolute Gasteiger partial charge is 0.123 e. The molecule has 0 unspecified atom stereocenters. The fourth-order valence-corrected chi connectivity index (χ4v) is 2.11. The van der Waals surface area contributed by atoms with E-state index in [1.54, 1.807) is 0 Å². The first-order chi connectivity index (χ1) is 9.67. The van der Waals surface area contributed by atoms with Crippen molar-refractivity contribution in [1.82, 2.24) is 9.88 Å². The van der Waals surface area contributed by atoms with Crippen LogP contribution in [0.15, 0.2) is 42.6 Å². The molecule has 1 aromatic heterocycles. The van der Waals surface area contributed by atoms with Crippen LogP contribution in [0.5, 0.6) is 0 Å². The maximum Gasteiger partial charge on any atom is 0.123 e. The van der Waals surface area contributed by atoms with Crippen molar-refractivity contribution in [3.63, 3.8) is 0 Å². The van der Waals surface area contributed by atoms with Gasteiger partial charge in [-0.3, -0.25) is 9.88 Å². The summed E-state index contributed by atoms with van der Waals surface area (Å²) in [6.07, 6.45) is 1.82. The average Bonchev–Trinajstić information content (AvgIpc) is 2.42. The summed E-state index contributed by atoms with van der Waals surface area (Å²) < 4.78 is 12.9. The van der Waals surface area contributed by atoms with Crippen LogP contribution in [0.3, 0.4) is 0 Å². The van der Waals surface area contributed by atoms with Crippen molar-refractivity contribution >= 4 is 5.69 Å². The molecule has 0 bridgehead atoms. The molecule has 0 saturated heterocycles. The molecule has 20 heavy (non-hydrogen) atoms. The summed E-state index contributed by atoms with van der Waals surface area (Å²) in [5, 5.41) is 3.28. The minimum absolute atomic E-state index is 0.198. The number of nitrogens with one attached hydrogen (secondary N) is 1. The lowest BCUT2D eigenvalue weighted by atomic mass is 10.2. The second-order valence-electron chi connectivity index (χ2n) is 4.86. The first-order valence-electron chi connectivity index (χ1n) is 6.79. The molecule has 3 nitrogen and oxygen atoms in total. The van der Waals surface area contributed by atoms with Crippen molar-refractivity contribution in [2.75, 3.05) is 18.9 Å². The predicted octanol–water partition coefficient (Wildman–Crippen LogP) is 3.28. The molecule has 1 N–H and O–H groups in total. The molecule has 106 valence electrons. The van der Waals surface area contributed by atoms with Crippen LogP contribution in [0.2, 0.25) is 0 Å². The monoisotopic (exact) mass is 273 g/mol. The van der Waals surface area contributed by atoms with E-state index < -0.39 is 0 Å². The van der Waals surface area contributed by atoms with Crippen LogP contribution in [-0.4, -0.2) is 23.5 Å². The van der Waals surface area contributed by atoms with Gasteiger partial charge in [0.05, 0.1) is 5.69 Å². The predicted molar refractivity (Wildman–Crippen MR) is 80.0 cm³/mol. The minimum Gasteiger partial charge on any atom is -0.385 e. The first-order valence-corrected chi connectivity index (χ1v) is 6.79. The maximum absolute atomic E-state index is 12.9. The van der Waals surface area contributed by atoms with E-state index in [1.807, 2.05) is 31.4 Å². The van der Waals surface area contributed by atoms with Crippen molar-refractivity contribution in [2.45, 2.75) is 20.0 Å². The molecule has 0 amide bonds. The maximum atomic E-state index is 12.9. The van der Waals surface area contributed by atoms with Gasteiger partial charge in [-0.25, -0.2) is 4.39 Å². The number of nitrogens with zero attached hydrogens (tertiary/aromatic N) is 2. The second-order valence-corrected chi connectivity index (χ2v) is 4.86. The number of anilines is 1. The molecule has 0 aliphatic carbocycles. The van der Waals surface area contributed by atoms with Crippen LogP contribution in [0.1, 0.15) is 18.2 Å². The number of hydrogen-bond donors (Lipinski definition) is 1. The van der Waals surface area contributed by atoms with Crippen molar-refractivity contribution in [2.24, 2.45) is 0 Å². The van der Waals surface area contributed by atoms with E-state index in [2.05, 4.69) is 28.2 Å². The van der Waals surface area contributed by atoms with E-state index in [9.17, 15) is 4.39 Å². The Labute approximate surface area is 119 Å². The third-order valence-electron chi connectivity index (χ3n) is 3.00. The van der Waals surface area contributed by atoms with Crippen molar-refractivity contribution in [3.8, 4) is 0 Å². The highest BCUT2D eigenvalue weighted by Crippen LogP contribution is 2.11. The zero-order chi connectivity index (χ0) is 14.4. The Morgan fingerprint density at radius 2 is 1.90 bits per heavy atom. The van der Waals surface area contributed by atoms with E-state index in [1.165, 1.54) is 12.1 Å². The Morgan fingerprint density at radius 1 is 1.15 bits per heavy atom. The lowest BCUT2D eigenvalue weighted by molar-refractivity contribution is 0.315. The van der Waals surface area contributed by atoms with Gasteiger partial charge in [-0.1, -0.05) is 12.1 Å². The number of benzene rings is 1. The fraction of sp³-hybridized carbons (Fsp3) is 0.312. The van der Waals surface area contributed by atoms with Crippen LogP contribution in [0, 0.1) is 5.82 Å². The highest BCUT2D eigenvalue weighted by Gasteiger charge is 2.04. The van der Waals surface area contributed by atoms with E-state index >= 15 is 0 Å². The topological polar surface area (TPSA) is 28.2 Å². The quantitative estimate of drug-likeness (QED) is 0.875. The van der Waals surface area contributed by atoms with Crippen LogP contribution in [0.4, 0.5) is 10.1 Å². The molecule has 2 rings (SSSR count). The molecule has 1 heterocycles. The van der Waals surface area contributed by atoms with Gasteiger partial charge in [0.25, 0.3) is 0 Å². The van der Waals surface area contributed by atoms with Gasteiger partial charge >= 0.3 is 0 Å². The van der Waals surface area contributed by atoms with E-state index in [0.29, 0.717) is 0 Å². The lowest BCUT2D eigenvalue weighted by Crippen LogP contribution is -2.18.